The summed E-state index contributed by atoms with van der Waals surface area (Å²) in [7, 11) is -1.67. The van der Waals surface area contributed by atoms with Gasteiger partial charge >= 0.3 is 5.97 Å². The van der Waals surface area contributed by atoms with Crippen LogP contribution in [0.1, 0.15) is 39.9 Å². The number of carboxylic acid groups (broad SMARTS) is 1. The number of methoxy groups -OCH3 is 1. The van der Waals surface area contributed by atoms with Crippen LogP contribution < -0.4 is 5.32 Å². The van der Waals surface area contributed by atoms with Crippen LogP contribution in [0.25, 0.3) is 11.1 Å². The number of sulfone groups is 1. The second kappa shape index (κ2) is 14.7. The average molecular weight is 609 g/mol. The van der Waals surface area contributed by atoms with E-state index in [1.54, 1.807) is 13.2 Å². The molecule has 3 aromatic rings. The normalized spacial score (nSPS) is 17.9. The molecule has 3 aromatic carbocycles. The third-order valence-corrected chi connectivity index (χ3v) is 8.75. The number of ether oxygens (including phenoxy) is 2. The number of likely N-dealkylation sites (tertiary alicyclic amines) is 1. The molecule has 0 aromatic heterocycles. The summed E-state index contributed by atoms with van der Waals surface area (Å²) in [5.41, 5.74) is 4.94. The van der Waals surface area contributed by atoms with E-state index >= 15 is 0 Å². The fourth-order valence-corrected chi connectivity index (χ4v) is 6.07. The molecule has 0 bridgehead atoms. The minimum atomic E-state index is -3.40. The fourth-order valence-electron chi connectivity index (χ4n) is 5.41. The molecule has 230 valence electrons. The number of aliphatic carboxylic acids is 1. The van der Waals surface area contributed by atoms with Gasteiger partial charge in [0.1, 0.15) is 15.9 Å². The van der Waals surface area contributed by atoms with E-state index in [1.807, 2.05) is 73.7 Å². The number of hydrogen-bond donors (Lipinski definition) is 2. The molecule has 1 fully saturated rings. The highest BCUT2D eigenvalue weighted by Gasteiger charge is 2.32. The van der Waals surface area contributed by atoms with Crippen molar-refractivity contribution in [2.75, 3.05) is 32.3 Å². The summed E-state index contributed by atoms with van der Waals surface area (Å²) in [4.78, 5) is 27.6. The highest BCUT2D eigenvalue weighted by atomic mass is 32.2. The molecule has 0 unspecified atom stereocenters. The monoisotopic (exact) mass is 608 g/mol. The van der Waals surface area contributed by atoms with Crippen LogP contribution in [0.15, 0.2) is 72.8 Å². The molecule has 10 heteroatoms. The molecule has 1 aliphatic heterocycles. The van der Waals surface area contributed by atoms with E-state index in [0.29, 0.717) is 30.9 Å². The molecule has 2 N–H and O–H groups in total. The number of rotatable bonds is 14. The van der Waals surface area contributed by atoms with Crippen LogP contribution >= 0.6 is 0 Å². The third-order valence-electron chi connectivity index (χ3n) is 7.77. The van der Waals surface area contributed by atoms with E-state index in [4.69, 9.17) is 9.47 Å². The van der Waals surface area contributed by atoms with Crippen molar-refractivity contribution >= 4 is 21.7 Å². The predicted octanol–water partition coefficient (Wildman–Crippen LogP) is 4.09. The second-order valence-electron chi connectivity index (χ2n) is 11.2. The van der Waals surface area contributed by atoms with Crippen molar-refractivity contribution in [1.29, 1.82) is 0 Å². The third kappa shape index (κ3) is 9.21. The van der Waals surface area contributed by atoms with E-state index in [1.165, 1.54) is 0 Å². The van der Waals surface area contributed by atoms with E-state index in [2.05, 4.69) is 10.2 Å². The number of benzene rings is 3. The zero-order valence-corrected chi connectivity index (χ0v) is 25.7. The Kier molecular flexibility index (Phi) is 11.1. The van der Waals surface area contributed by atoms with Crippen LogP contribution in [0.2, 0.25) is 0 Å². The smallest absolute Gasteiger partial charge is 0.326 e. The molecular formula is C33H40N2O7S. The highest BCUT2D eigenvalue weighted by molar-refractivity contribution is 7.90. The molecule has 1 heterocycles. The van der Waals surface area contributed by atoms with Crippen LogP contribution in [-0.2, 0) is 37.3 Å². The topological polar surface area (TPSA) is 122 Å². The first-order chi connectivity index (χ1) is 20.5. The molecule has 1 saturated heterocycles. The average Bonchev–Trinajstić information content (AvgIpc) is 3.36. The van der Waals surface area contributed by atoms with Gasteiger partial charge in [-0.05, 0) is 59.7 Å². The van der Waals surface area contributed by atoms with Gasteiger partial charge in [-0.25, -0.2) is 13.2 Å². The minimum absolute atomic E-state index is 0.0890. The molecule has 3 atom stereocenters. The molecule has 0 aliphatic carbocycles. The highest BCUT2D eigenvalue weighted by Crippen LogP contribution is 2.30. The first-order valence-corrected chi connectivity index (χ1v) is 16.4. The van der Waals surface area contributed by atoms with Gasteiger partial charge in [0.05, 0.1) is 25.1 Å². The Morgan fingerprint density at radius 3 is 2.42 bits per heavy atom. The Bertz CT molecular complexity index is 1510. The van der Waals surface area contributed by atoms with Crippen molar-refractivity contribution < 1.29 is 32.6 Å². The van der Waals surface area contributed by atoms with Gasteiger partial charge in [-0.1, -0.05) is 60.7 Å². The quantitative estimate of drug-likeness (QED) is 0.281. The second-order valence-corrected chi connectivity index (χ2v) is 13.4. The maximum absolute atomic E-state index is 13.4. The van der Waals surface area contributed by atoms with Crippen LogP contribution in [-0.4, -0.2) is 80.8 Å². The summed E-state index contributed by atoms with van der Waals surface area (Å²) in [6.45, 7) is 4.42. The van der Waals surface area contributed by atoms with Crippen molar-refractivity contribution in [3.63, 3.8) is 0 Å². The number of carbonyl (C=O) groups is 2. The van der Waals surface area contributed by atoms with Gasteiger partial charge in [0, 0.05) is 38.1 Å². The Labute approximate surface area is 253 Å². The van der Waals surface area contributed by atoms with Crippen molar-refractivity contribution in [2.24, 2.45) is 0 Å². The van der Waals surface area contributed by atoms with Gasteiger partial charge in [0.2, 0.25) is 0 Å². The number of nitrogens with one attached hydrogen (secondary N) is 1. The van der Waals surface area contributed by atoms with Crippen molar-refractivity contribution in [2.45, 2.75) is 51.1 Å². The van der Waals surface area contributed by atoms with Gasteiger partial charge in [-0.3, -0.25) is 9.69 Å². The number of carboxylic acids is 1. The van der Waals surface area contributed by atoms with Gasteiger partial charge in [-0.15, -0.1) is 0 Å². The maximum Gasteiger partial charge on any atom is 0.326 e. The Hall–Kier alpha value is -3.57. The van der Waals surface area contributed by atoms with E-state index in [0.717, 1.165) is 41.5 Å². The summed E-state index contributed by atoms with van der Waals surface area (Å²) in [5, 5.41) is 12.2. The first kappa shape index (κ1) is 32.3. The molecule has 1 amide bonds. The Balaban J connectivity index is 1.56. The summed E-state index contributed by atoms with van der Waals surface area (Å²) >= 11 is 0. The van der Waals surface area contributed by atoms with Crippen LogP contribution in [0.3, 0.4) is 0 Å². The standard InChI is InChI=1S/C33H40N2O7S/c1-23-9-7-8-12-28(23)30-17-25(13-14-29(30)32(36)34-31(33(37)38)15-16-43(3,39)40)19-35-20-27(41-2)18-26(35)22-42-21-24-10-5-4-6-11-24/h4-14,17,26-27,31H,15-16,18-22H2,1-3H3,(H,34,36)(H,37,38)/t26-,27+,31-/m0/s1. The van der Waals surface area contributed by atoms with E-state index in [-0.39, 0.29) is 24.3 Å². The fraction of sp³-hybridized carbons (Fsp3) is 0.394. The lowest BCUT2D eigenvalue weighted by atomic mass is 9.93. The number of hydrogen-bond acceptors (Lipinski definition) is 7. The zero-order chi connectivity index (χ0) is 31.0. The lowest BCUT2D eigenvalue weighted by Crippen LogP contribution is -2.42. The summed E-state index contributed by atoms with van der Waals surface area (Å²) in [6, 6.07) is 22.2. The lowest BCUT2D eigenvalue weighted by Gasteiger charge is -2.25. The van der Waals surface area contributed by atoms with Crippen molar-refractivity contribution in [1.82, 2.24) is 10.2 Å². The molecular weight excluding hydrogens is 568 g/mol. The largest absolute Gasteiger partial charge is 0.480 e. The minimum Gasteiger partial charge on any atom is -0.480 e. The zero-order valence-electron chi connectivity index (χ0n) is 24.9. The van der Waals surface area contributed by atoms with Crippen molar-refractivity contribution in [3.05, 3.63) is 95.1 Å². The van der Waals surface area contributed by atoms with E-state index < -0.39 is 27.8 Å². The molecule has 0 saturated carbocycles. The number of nitrogens with zero attached hydrogens (tertiary/aromatic N) is 1. The summed E-state index contributed by atoms with van der Waals surface area (Å²) in [5.74, 6) is -2.20. The van der Waals surface area contributed by atoms with Gasteiger partial charge in [-0.2, -0.15) is 0 Å². The van der Waals surface area contributed by atoms with Crippen molar-refractivity contribution in [3.8, 4) is 11.1 Å². The Morgan fingerprint density at radius 2 is 1.74 bits per heavy atom. The maximum atomic E-state index is 13.4. The molecule has 0 spiro atoms. The molecule has 4 rings (SSSR count). The first-order valence-electron chi connectivity index (χ1n) is 14.3. The lowest BCUT2D eigenvalue weighted by molar-refractivity contribution is -0.139. The van der Waals surface area contributed by atoms with Gasteiger partial charge in [0.25, 0.3) is 5.91 Å². The molecule has 1 aliphatic rings. The summed E-state index contributed by atoms with van der Waals surface area (Å²) < 4.78 is 35.0. The van der Waals surface area contributed by atoms with Gasteiger partial charge < -0.3 is 19.9 Å². The molecule has 0 radical (unpaired) electrons. The van der Waals surface area contributed by atoms with Crippen LogP contribution in [0.5, 0.6) is 0 Å². The van der Waals surface area contributed by atoms with E-state index in [9.17, 15) is 23.1 Å². The molecule has 9 nitrogen and oxygen atoms in total. The summed E-state index contributed by atoms with van der Waals surface area (Å²) in [6.07, 6.45) is 1.76. The number of amides is 1. The van der Waals surface area contributed by atoms with Crippen LogP contribution in [0, 0.1) is 6.92 Å². The number of aryl methyl sites for hydroxylation is 1. The molecule has 43 heavy (non-hydrogen) atoms. The van der Waals surface area contributed by atoms with Gasteiger partial charge in [0.15, 0.2) is 0 Å². The number of carbonyl (C=O) groups excluding carboxylic acids is 1. The predicted molar refractivity (Wildman–Crippen MR) is 166 cm³/mol. The SMILES string of the molecule is CO[C@@H]1C[C@@H](COCc2ccccc2)N(Cc2ccc(C(=O)N[C@@H](CCS(C)(=O)=O)C(=O)O)c(-c3ccccc3C)c2)C1. The van der Waals surface area contributed by atoms with Crippen LogP contribution in [0.4, 0.5) is 0 Å². The Morgan fingerprint density at radius 1 is 1.02 bits per heavy atom.